The number of rotatable bonds is 42. The Kier molecular flexibility index (Phi) is 39.2. The minimum Gasteiger partial charge on any atom is -0.756 e. The Morgan fingerprint density at radius 2 is 1.05 bits per heavy atom. The lowest BCUT2D eigenvalue weighted by Crippen LogP contribution is -2.37. The largest absolute Gasteiger partial charge is 0.756 e. The SMILES string of the molecule is CCCCC/C=C\C/C=C\CCCCCCCCCCCC(=O)O[C@H](COC(=O)CCC/C=C\C/C=C\C/C=C\C=C\C(=O)CCCCC)COP(=O)([O-])OCC[N+](C)(C)C. The summed E-state index contributed by atoms with van der Waals surface area (Å²) in [6.07, 6.45) is 47.7. The summed E-state index contributed by atoms with van der Waals surface area (Å²) in [5.74, 6) is -0.775. The molecule has 0 spiro atoms. The highest BCUT2D eigenvalue weighted by atomic mass is 31.2. The smallest absolute Gasteiger partial charge is 0.306 e. The zero-order valence-electron chi connectivity index (χ0n) is 39.1. The minimum atomic E-state index is -4.66. The molecule has 0 aliphatic heterocycles. The molecule has 0 heterocycles. The molecule has 0 aromatic carbocycles. The number of carbonyl (C=O) groups excluding carboxylic acids is 3. The van der Waals surface area contributed by atoms with Crippen LogP contribution in [-0.2, 0) is 37.5 Å². The molecule has 10 nitrogen and oxygen atoms in total. The quantitative estimate of drug-likeness (QED) is 0.0112. The molecule has 0 aromatic heterocycles. The summed E-state index contributed by atoms with van der Waals surface area (Å²) in [5, 5.41) is 0. The molecule has 0 bridgehead atoms. The van der Waals surface area contributed by atoms with E-state index < -0.39 is 32.5 Å². The highest BCUT2D eigenvalue weighted by Crippen LogP contribution is 2.38. The van der Waals surface area contributed by atoms with Crippen LogP contribution >= 0.6 is 7.82 Å². The van der Waals surface area contributed by atoms with Crippen molar-refractivity contribution in [3.63, 3.8) is 0 Å². The number of phosphoric ester groups is 1. The van der Waals surface area contributed by atoms with E-state index in [1.807, 2.05) is 45.4 Å². The van der Waals surface area contributed by atoms with Gasteiger partial charge in [0, 0.05) is 19.3 Å². The van der Waals surface area contributed by atoms with Crippen LogP contribution in [0.5, 0.6) is 0 Å². The van der Waals surface area contributed by atoms with Crippen molar-refractivity contribution in [3.05, 3.63) is 72.9 Å². The summed E-state index contributed by atoms with van der Waals surface area (Å²) in [7, 11) is 1.09. The van der Waals surface area contributed by atoms with Crippen LogP contribution < -0.4 is 4.89 Å². The summed E-state index contributed by atoms with van der Waals surface area (Å²) in [4.78, 5) is 49.3. The first-order valence-electron chi connectivity index (χ1n) is 23.6. The topological polar surface area (TPSA) is 128 Å². The molecule has 0 aliphatic carbocycles. The van der Waals surface area contributed by atoms with E-state index in [4.69, 9.17) is 18.5 Å². The van der Waals surface area contributed by atoms with Gasteiger partial charge in [0.05, 0.1) is 27.7 Å². The predicted octanol–water partition coefficient (Wildman–Crippen LogP) is 12.3. The van der Waals surface area contributed by atoms with Crippen LogP contribution in [-0.4, -0.2) is 75.8 Å². The van der Waals surface area contributed by atoms with Crippen LogP contribution in [0.15, 0.2) is 72.9 Å². The Hall–Kier alpha value is -2.88. The number of likely N-dealkylation sites (N-methyl/N-ethyl adjacent to an activating group) is 1. The van der Waals surface area contributed by atoms with E-state index in [9.17, 15) is 23.8 Å². The number of hydrogen-bond donors (Lipinski definition) is 0. The van der Waals surface area contributed by atoms with E-state index in [0.717, 1.165) is 64.2 Å². The highest BCUT2D eigenvalue weighted by molar-refractivity contribution is 7.45. The van der Waals surface area contributed by atoms with Crippen LogP contribution in [0.1, 0.15) is 174 Å². The number of ether oxygens (including phenoxy) is 2. The van der Waals surface area contributed by atoms with E-state index in [0.29, 0.717) is 36.7 Å². The van der Waals surface area contributed by atoms with Gasteiger partial charge in [-0.2, -0.15) is 0 Å². The van der Waals surface area contributed by atoms with Gasteiger partial charge in [0.2, 0.25) is 0 Å². The zero-order chi connectivity index (χ0) is 45.1. The summed E-state index contributed by atoms with van der Waals surface area (Å²) in [5.41, 5.74) is 0. The minimum absolute atomic E-state index is 0.0534. The average Bonchev–Trinajstić information content (AvgIpc) is 3.21. The Morgan fingerprint density at radius 3 is 1.66 bits per heavy atom. The maximum Gasteiger partial charge on any atom is 0.306 e. The van der Waals surface area contributed by atoms with Gasteiger partial charge in [-0.05, 0) is 76.7 Å². The van der Waals surface area contributed by atoms with Crippen LogP contribution in [0.4, 0.5) is 0 Å². The molecule has 0 aromatic rings. The molecule has 1 unspecified atom stereocenters. The predicted molar refractivity (Wildman–Crippen MR) is 250 cm³/mol. The molecule has 0 rings (SSSR count). The van der Waals surface area contributed by atoms with Gasteiger partial charge >= 0.3 is 11.9 Å². The van der Waals surface area contributed by atoms with Crippen molar-refractivity contribution in [1.82, 2.24) is 0 Å². The van der Waals surface area contributed by atoms with Crippen molar-refractivity contribution >= 4 is 25.5 Å². The third kappa shape index (κ3) is 45.0. The zero-order valence-corrected chi connectivity index (χ0v) is 40.0. The van der Waals surface area contributed by atoms with Gasteiger partial charge in [-0.1, -0.05) is 151 Å². The van der Waals surface area contributed by atoms with E-state index in [-0.39, 0.29) is 31.8 Å². The summed E-state index contributed by atoms with van der Waals surface area (Å²) < 4.78 is 33.8. The first-order valence-corrected chi connectivity index (χ1v) is 25.1. The summed E-state index contributed by atoms with van der Waals surface area (Å²) >= 11 is 0. The number of carbonyl (C=O) groups is 3. The van der Waals surface area contributed by atoms with Crippen LogP contribution in [0, 0.1) is 0 Å². The van der Waals surface area contributed by atoms with Gasteiger partial charge in [0.25, 0.3) is 7.82 Å². The number of nitrogens with zero attached hydrogens (tertiary/aromatic N) is 1. The molecule has 0 fully saturated rings. The molecular formula is C50H86NO9P. The number of unbranched alkanes of at least 4 members (excludes halogenated alkanes) is 15. The summed E-state index contributed by atoms with van der Waals surface area (Å²) in [6, 6.07) is 0. The standard InChI is InChI=1S/C50H86NO9P/c1-6-8-10-11-12-13-14-15-16-17-18-19-20-21-24-28-31-34-38-42-50(54)60-48(46-59-61(55,56)58-44-43-51(3,4)5)45-57-49(53)41-37-33-30-27-25-22-23-26-29-32-36-40-47(52)39-35-9-7-2/h12-13,15-16,22-23,27,29-30,32,36,40,48H,6-11,14,17-21,24-26,28,31,33-35,37-39,41-46H2,1-5H3/b13-12-,16-15-,23-22-,30-27-,32-29-,40-36+/t48-/m1/s1. The maximum absolute atomic E-state index is 12.7. The Bertz CT molecular complexity index is 1330. The fourth-order valence-corrected chi connectivity index (χ4v) is 6.65. The molecule has 0 amide bonds. The fourth-order valence-electron chi connectivity index (χ4n) is 5.93. The third-order valence-corrected chi connectivity index (χ3v) is 10.6. The Labute approximate surface area is 372 Å². The van der Waals surface area contributed by atoms with Crippen molar-refractivity contribution in [2.45, 2.75) is 180 Å². The molecule has 0 radical (unpaired) electrons. The third-order valence-electron chi connectivity index (χ3n) is 9.68. The van der Waals surface area contributed by atoms with E-state index in [1.165, 1.54) is 57.8 Å². The van der Waals surface area contributed by atoms with Gasteiger partial charge in [-0.15, -0.1) is 0 Å². The number of ketones is 1. The normalized spacial score (nSPS) is 14.1. The second-order valence-electron chi connectivity index (χ2n) is 16.8. The van der Waals surface area contributed by atoms with Gasteiger partial charge < -0.3 is 27.9 Å². The first-order chi connectivity index (χ1) is 29.4. The molecule has 350 valence electrons. The maximum atomic E-state index is 12.7. The summed E-state index contributed by atoms with van der Waals surface area (Å²) in [6.45, 7) is 3.94. The molecule has 11 heteroatoms. The molecule has 0 N–H and O–H groups in total. The fraction of sp³-hybridized carbons (Fsp3) is 0.700. The van der Waals surface area contributed by atoms with Crippen molar-refractivity contribution in [3.8, 4) is 0 Å². The van der Waals surface area contributed by atoms with Crippen molar-refractivity contribution in [1.29, 1.82) is 0 Å². The molecule has 0 saturated heterocycles. The number of hydrogen-bond acceptors (Lipinski definition) is 9. The van der Waals surface area contributed by atoms with Crippen molar-refractivity contribution in [2.24, 2.45) is 0 Å². The number of esters is 2. The van der Waals surface area contributed by atoms with E-state index >= 15 is 0 Å². The molecule has 61 heavy (non-hydrogen) atoms. The highest BCUT2D eigenvalue weighted by Gasteiger charge is 2.21. The second-order valence-corrected chi connectivity index (χ2v) is 18.2. The van der Waals surface area contributed by atoms with Gasteiger partial charge in [0.15, 0.2) is 11.9 Å². The molecule has 0 saturated carbocycles. The number of quaternary nitrogens is 1. The van der Waals surface area contributed by atoms with Gasteiger partial charge in [-0.3, -0.25) is 18.9 Å². The first kappa shape index (κ1) is 58.1. The van der Waals surface area contributed by atoms with Crippen LogP contribution in [0.25, 0.3) is 0 Å². The lowest BCUT2D eigenvalue weighted by atomic mass is 10.1. The lowest BCUT2D eigenvalue weighted by molar-refractivity contribution is -0.870. The molecule has 0 aliphatic rings. The average molecular weight is 876 g/mol. The van der Waals surface area contributed by atoms with Crippen molar-refractivity contribution < 1.29 is 46.8 Å². The lowest BCUT2D eigenvalue weighted by Gasteiger charge is -2.28. The monoisotopic (exact) mass is 876 g/mol. The van der Waals surface area contributed by atoms with Gasteiger partial charge in [0.1, 0.15) is 19.8 Å². The van der Waals surface area contributed by atoms with E-state index in [1.54, 1.807) is 12.2 Å². The second kappa shape index (κ2) is 41.1. The van der Waals surface area contributed by atoms with Crippen LogP contribution in [0.3, 0.4) is 0 Å². The molecule has 2 atom stereocenters. The van der Waals surface area contributed by atoms with E-state index in [2.05, 4.69) is 50.3 Å². The number of allylic oxidation sites excluding steroid dienone is 12. The van der Waals surface area contributed by atoms with Crippen LogP contribution in [0.2, 0.25) is 0 Å². The Morgan fingerprint density at radius 1 is 0.557 bits per heavy atom. The molecular weight excluding hydrogens is 790 g/mol. The Balaban J connectivity index is 4.45. The number of phosphoric acid groups is 1. The van der Waals surface area contributed by atoms with Gasteiger partial charge in [-0.25, -0.2) is 0 Å². The van der Waals surface area contributed by atoms with Crippen molar-refractivity contribution in [2.75, 3.05) is 47.5 Å².